The molecule has 0 spiro atoms. The van der Waals surface area contributed by atoms with Crippen molar-refractivity contribution in [1.29, 1.82) is 0 Å². The van der Waals surface area contributed by atoms with Gasteiger partial charge < -0.3 is 4.74 Å². The highest BCUT2D eigenvalue weighted by molar-refractivity contribution is 9.10. The van der Waals surface area contributed by atoms with E-state index in [-0.39, 0.29) is 10.3 Å². The van der Waals surface area contributed by atoms with Crippen molar-refractivity contribution in [3.63, 3.8) is 0 Å². The fourth-order valence-corrected chi connectivity index (χ4v) is 6.63. The molecular weight excluding hydrogens is 532 g/mol. The maximum Gasteiger partial charge on any atom is 0.311 e. The van der Waals surface area contributed by atoms with Gasteiger partial charge in [0.1, 0.15) is 5.75 Å². The minimum atomic E-state index is -0.112. The summed E-state index contributed by atoms with van der Waals surface area (Å²) >= 11 is 4.21. The van der Waals surface area contributed by atoms with Crippen LogP contribution < -0.4 is 4.74 Å². The molecule has 0 bridgehead atoms. The zero-order chi connectivity index (χ0) is 27.7. The van der Waals surface area contributed by atoms with Crippen LogP contribution >= 0.6 is 15.9 Å². The number of unbranched alkanes of at least 4 members (excludes halogenated alkanes) is 16. The first-order valence-corrected chi connectivity index (χ1v) is 17.3. The SMILES string of the molecule is CCCCCCCCCCCCCCCCC(CC)C(Br)(CC)CCCCCCC(=O)Oc1ccccc1. The molecule has 0 N–H and O–H groups in total. The lowest BCUT2D eigenvalue weighted by molar-refractivity contribution is -0.134. The van der Waals surface area contributed by atoms with Gasteiger partial charge in [-0.2, -0.15) is 0 Å². The van der Waals surface area contributed by atoms with Crippen LogP contribution in [0, 0.1) is 5.92 Å². The van der Waals surface area contributed by atoms with Crippen molar-refractivity contribution >= 4 is 21.9 Å². The number of esters is 1. The van der Waals surface area contributed by atoms with Crippen LogP contribution in [0.15, 0.2) is 30.3 Å². The molecule has 1 rings (SSSR count). The third kappa shape index (κ3) is 17.7. The van der Waals surface area contributed by atoms with Gasteiger partial charge in [-0.25, -0.2) is 0 Å². The van der Waals surface area contributed by atoms with E-state index in [1.54, 1.807) is 0 Å². The fourth-order valence-electron chi connectivity index (χ4n) is 5.80. The Morgan fingerprint density at radius 2 is 1.21 bits per heavy atom. The van der Waals surface area contributed by atoms with Crippen molar-refractivity contribution in [3.8, 4) is 5.75 Å². The molecule has 2 nitrogen and oxygen atoms in total. The van der Waals surface area contributed by atoms with Crippen LogP contribution in [0.5, 0.6) is 5.75 Å². The van der Waals surface area contributed by atoms with Crippen LogP contribution in [0.25, 0.3) is 0 Å². The van der Waals surface area contributed by atoms with E-state index in [0.717, 1.165) is 18.8 Å². The van der Waals surface area contributed by atoms with Gasteiger partial charge in [-0.3, -0.25) is 4.79 Å². The number of benzene rings is 1. The quantitative estimate of drug-likeness (QED) is 0.0462. The van der Waals surface area contributed by atoms with Crippen molar-refractivity contribution in [3.05, 3.63) is 30.3 Å². The number of carbonyl (C=O) groups excluding carboxylic acids is 1. The summed E-state index contributed by atoms with van der Waals surface area (Å²) in [5.41, 5.74) is 0. The van der Waals surface area contributed by atoms with Crippen LogP contribution in [-0.2, 0) is 4.79 Å². The second-order valence-electron chi connectivity index (χ2n) is 11.6. The third-order valence-electron chi connectivity index (χ3n) is 8.42. The first kappa shape index (κ1) is 35.2. The van der Waals surface area contributed by atoms with E-state index in [0.29, 0.717) is 12.2 Å². The molecule has 220 valence electrons. The highest BCUT2D eigenvalue weighted by Crippen LogP contribution is 2.41. The molecule has 2 atom stereocenters. The average molecular weight is 594 g/mol. The Morgan fingerprint density at radius 3 is 1.74 bits per heavy atom. The molecule has 0 aliphatic rings. The standard InChI is InChI=1S/C35H61BrO2/c1-4-7-8-9-10-11-12-13-14-15-16-17-18-22-27-32(5-2)35(36,6-3)31-26-20-19-25-30-34(37)38-33-28-23-21-24-29-33/h21,23-24,28-29,32H,4-20,22,25-27,30-31H2,1-3H3. The Hall–Kier alpha value is -0.830. The van der Waals surface area contributed by atoms with Crippen molar-refractivity contribution < 1.29 is 9.53 Å². The molecule has 0 amide bonds. The number of ether oxygens (including phenoxy) is 1. The largest absolute Gasteiger partial charge is 0.427 e. The van der Waals surface area contributed by atoms with Gasteiger partial charge in [-0.15, -0.1) is 0 Å². The summed E-state index contributed by atoms with van der Waals surface area (Å²) in [6, 6.07) is 9.39. The maximum atomic E-state index is 12.0. The summed E-state index contributed by atoms with van der Waals surface area (Å²) in [5.74, 6) is 1.30. The van der Waals surface area contributed by atoms with Crippen LogP contribution in [-0.4, -0.2) is 10.3 Å². The van der Waals surface area contributed by atoms with Crippen LogP contribution in [0.3, 0.4) is 0 Å². The summed E-state index contributed by atoms with van der Waals surface area (Å²) in [6.45, 7) is 7.02. The molecule has 0 saturated heterocycles. The number of halogens is 1. The predicted molar refractivity (Wildman–Crippen MR) is 170 cm³/mol. The highest BCUT2D eigenvalue weighted by atomic mass is 79.9. The summed E-state index contributed by atoms with van der Waals surface area (Å²) < 4.78 is 5.68. The molecule has 0 saturated carbocycles. The lowest BCUT2D eigenvalue weighted by Gasteiger charge is -2.35. The van der Waals surface area contributed by atoms with Crippen LogP contribution in [0.4, 0.5) is 0 Å². The van der Waals surface area contributed by atoms with Gasteiger partial charge >= 0.3 is 5.97 Å². The average Bonchev–Trinajstić information content (AvgIpc) is 2.93. The molecule has 0 radical (unpaired) electrons. The molecule has 3 heteroatoms. The van der Waals surface area contributed by atoms with E-state index in [1.807, 2.05) is 30.3 Å². The van der Waals surface area contributed by atoms with Crippen molar-refractivity contribution in [2.75, 3.05) is 0 Å². The second kappa shape index (κ2) is 24.0. The first-order chi connectivity index (χ1) is 18.6. The number of para-hydroxylation sites is 1. The van der Waals surface area contributed by atoms with Gasteiger partial charge in [0, 0.05) is 10.7 Å². The molecule has 38 heavy (non-hydrogen) atoms. The molecule has 0 aromatic heterocycles. The van der Waals surface area contributed by atoms with Gasteiger partial charge in [0.25, 0.3) is 0 Å². The number of alkyl halides is 1. The number of carbonyl (C=O) groups is 1. The van der Waals surface area contributed by atoms with Gasteiger partial charge in [0.2, 0.25) is 0 Å². The minimum absolute atomic E-state index is 0.112. The lowest BCUT2D eigenvalue weighted by atomic mass is 9.80. The van der Waals surface area contributed by atoms with Gasteiger partial charge in [0.15, 0.2) is 0 Å². The Morgan fingerprint density at radius 1 is 0.711 bits per heavy atom. The fraction of sp³-hybridized carbons (Fsp3) is 0.800. The Labute approximate surface area is 245 Å². The van der Waals surface area contributed by atoms with E-state index >= 15 is 0 Å². The third-order valence-corrected chi connectivity index (χ3v) is 10.0. The second-order valence-corrected chi connectivity index (χ2v) is 13.2. The zero-order valence-electron chi connectivity index (χ0n) is 25.4. The Bertz CT molecular complexity index is 661. The molecule has 0 fully saturated rings. The van der Waals surface area contributed by atoms with E-state index < -0.39 is 0 Å². The molecule has 0 heterocycles. The van der Waals surface area contributed by atoms with Crippen molar-refractivity contribution in [2.45, 2.75) is 173 Å². The zero-order valence-corrected chi connectivity index (χ0v) is 27.0. The summed E-state index contributed by atoms with van der Waals surface area (Å²) in [7, 11) is 0. The monoisotopic (exact) mass is 592 g/mol. The predicted octanol–water partition coefficient (Wildman–Crippen LogP) is 12.4. The number of hydrogen-bond acceptors (Lipinski definition) is 2. The van der Waals surface area contributed by atoms with E-state index in [1.165, 1.54) is 128 Å². The summed E-state index contributed by atoms with van der Waals surface area (Å²) in [4.78, 5) is 12.0. The molecule has 0 aliphatic heterocycles. The van der Waals surface area contributed by atoms with Crippen molar-refractivity contribution in [2.24, 2.45) is 5.92 Å². The topological polar surface area (TPSA) is 26.3 Å². The lowest BCUT2D eigenvalue weighted by Crippen LogP contribution is -2.30. The summed E-state index contributed by atoms with van der Waals surface area (Å²) in [6.07, 6.45) is 30.0. The highest BCUT2D eigenvalue weighted by Gasteiger charge is 2.32. The van der Waals surface area contributed by atoms with Gasteiger partial charge in [0.05, 0.1) is 0 Å². The smallest absolute Gasteiger partial charge is 0.311 e. The van der Waals surface area contributed by atoms with E-state index in [9.17, 15) is 4.79 Å². The van der Waals surface area contributed by atoms with E-state index in [2.05, 4.69) is 36.7 Å². The Balaban J connectivity index is 2.06. The maximum absolute atomic E-state index is 12.0. The van der Waals surface area contributed by atoms with Crippen LogP contribution in [0.1, 0.15) is 168 Å². The molecule has 2 unspecified atom stereocenters. The number of hydrogen-bond donors (Lipinski definition) is 0. The summed E-state index contributed by atoms with van der Waals surface area (Å²) in [5, 5.41) is 0. The van der Waals surface area contributed by atoms with Gasteiger partial charge in [-0.1, -0.05) is 170 Å². The number of rotatable bonds is 26. The molecular formula is C35H61BrO2. The van der Waals surface area contributed by atoms with E-state index in [4.69, 9.17) is 4.74 Å². The van der Waals surface area contributed by atoms with Gasteiger partial charge in [-0.05, 0) is 43.7 Å². The Kier molecular flexibility index (Phi) is 22.2. The minimum Gasteiger partial charge on any atom is -0.427 e. The molecule has 1 aromatic rings. The van der Waals surface area contributed by atoms with Crippen molar-refractivity contribution in [1.82, 2.24) is 0 Å². The normalized spacial score (nSPS) is 13.8. The molecule has 0 aliphatic carbocycles. The molecule has 1 aromatic carbocycles. The first-order valence-electron chi connectivity index (χ1n) is 16.5. The van der Waals surface area contributed by atoms with Crippen LogP contribution in [0.2, 0.25) is 0 Å².